The van der Waals surface area contributed by atoms with Gasteiger partial charge in [0, 0.05) is 19.6 Å². The minimum atomic E-state index is -0.646. The largest absolute Gasteiger partial charge is 0.452 e. The van der Waals surface area contributed by atoms with Gasteiger partial charge in [0.2, 0.25) is 5.91 Å². The fraction of sp³-hybridized carbons (Fsp3) is 0.409. The molecule has 0 saturated carbocycles. The van der Waals surface area contributed by atoms with Crippen molar-refractivity contribution in [2.24, 2.45) is 7.05 Å². The van der Waals surface area contributed by atoms with E-state index in [0.29, 0.717) is 28.0 Å². The summed E-state index contributed by atoms with van der Waals surface area (Å²) in [4.78, 5) is 44.2. The molecule has 170 valence electrons. The van der Waals surface area contributed by atoms with Crippen LogP contribution in [-0.2, 0) is 21.4 Å². The van der Waals surface area contributed by atoms with Gasteiger partial charge in [-0.15, -0.1) is 11.3 Å². The number of amides is 2. The first-order valence-electron chi connectivity index (χ1n) is 10.1. The number of carbonyl (C=O) groups is 3. The highest BCUT2D eigenvalue weighted by Crippen LogP contribution is 2.29. The Morgan fingerprint density at radius 3 is 2.62 bits per heavy atom. The summed E-state index contributed by atoms with van der Waals surface area (Å²) >= 11 is 1.51. The summed E-state index contributed by atoms with van der Waals surface area (Å²) in [5, 5.41) is 9.67. The number of rotatable bonds is 6. The summed E-state index contributed by atoms with van der Waals surface area (Å²) in [6, 6.07) is 5.48. The highest BCUT2D eigenvalue weighted by Gasteiger charge is 2.23. The summed E-state index contributed by atoms with van der Waals surface area (Å²) in [6.07, 6.45) is 0. The van der Waals surface area contributed by atoms with E-state index in [-0.39, 0.29) is 12.5 Å². The van der Waals surface area contributed by atoms with Crippen LogP contribution in [0.1, 0.15) is 36.8 Å². The van der Waals surface area contributed by atoms with Gasteiger partial charge in [0.1, 0.15) is 0 Å². The maximum atomic E-state index is 12.9. The second kappa shape index (κ2) is 9.07. The van der Waals surface area contributed by atoms with E-state index in [1.54, 1.807) is 24.7 Å². The lowest BCUT2D eigenvalue weighted by atomic mass is 10.1. The van der Waals surface area contributed by atoms with Crippen molar-refractivity contribution in [1.29, 1.82) is 0 Å². The number of ether oxygens (including phenoxy) is 1. The molecule has 0 spiro atoms. The third-order valence-corrected chi connectivity index (χ3v) is 5.50. The first-order chi connectivity index (χ1) is 15.0. The summed E-state index contributed by atoms with van der Waals surface area (Å²) in [5.74, 6) is -1.41. The average molecular weight is 458 g/mol. The Labute approximate surface area is 190 Å². The number of esters is 1. The standard InChI is InChI=1S/C22H27N5O4S/c1-13-19-14(10-15(16-8-7-9-32-16)23-20(19)27(6)25-13)21(30)31-12-18(29)26(5)11-17(28)24-22(2,3)4/h7-10H,11-12H2,1-6H3,(H,24,28). The Bertz CT molecular complexity index is 1160. The van der Waals surface area contributed by atoms with Crippen LogP contribution in [0, 0.1) is 6.92 Å². The van der Waals surface area contributed by atoms with Crippen molar-refractivity contribution in [3.8, 4) is 10.6 Å². The van der Waals surface area contributed by atoms with Gasteiger partial charge in [-0.25, -0.2) is 9.78 Å². The molecule has 0 aliphatic rings. The molecular weight excluding hydrogens is 430 g/mol. The van der Waals surface area contributed by atoms with Crippen LogP contribution in [0.5, 0.6) is 0 Å². The lowest BCUT2D eigenvalue weighted by Gasteiger charge is -2.23. The minimum absolute atomic E-state index is 0.128. The highest BCUT2D eigenvalue weighted by atomic mass is 32.1. The number of hydrogen-bond acceptors (Lipinski definition) is 7. The Hall–Kier alpha value is -3.27. The molecule has 32 heavy (non-hydrogen) atoms. The number of aromatic nitrogens is 3. The monoisotopic (exact) mass is 457 g/mol. The van der Waals surface area contributed by atoms with E-state index in [4.69, 9.17) is 4.74 Å². The van der Waals surface area contributed by atoms with Gasteiger partial charge in [0.15, 0.2) is 12.3 Å². The Kier molecular flexibility index (Phi) is 6.63. The zero-order chi connectivity index (χ0) is 23.6. The van der Waals surface area contributed by atoms with E-state index in [1.165, 1.54) is 23.3 Å². The molecule has 3 heterocycles. The van der Waals surface area contributed by atoms with Gasteiger partial charge in [-0.1, -0.05) is 6.07 Å². The van der Waals surface area contributed by atoms with Crippen molar-refractivity contribution in [3.05, 3.63) is 34.8 Å². The summed E-state index contributed by atoms with van der Waals surface area (Å²) in [6.45, 7) is 6.75. The lowest BCUT2D eigenvalue weighted by Crippen LogP contribution is -2.46. The molecule has 2 amide bonds. The van der Waals surface area contributed by atoms with Gasteiger partial charge in [-0.2, -0.15) is 5.10 Å². The van der Waals surface area contributed by atoms with Crippen LogP contribution < -0.4 is 5.32 Å². The summed E-state index contributed by atoms with van der Waals surface area (Å²) < 4.78 is 6.93. The van der Waals surface area contributed by atoms with E-state index in [0.717, 1.165) is 4.88 Å². The van der Waals surface area contributed by atoms with E-state index in [9.17, 15) is 14.4 Å². The fourth-order valence-electron chi connectivity index (χ4n) is 3.23. The maximum Gasteiger partial charge on any atom is 0.339 e. The van der Waals surface area contributed by atoms with Crippen molar-refractivity contribution in [2.75, 3.05) is 20.2 Å². The molecule has 3 aromatic heterocycles. The molecule has 0 unspecified atom stereocenters. The van der Waals surface area contributed by atoms with Gasteiger partial charge in [0.25, 0.3) is 5.91 Å². The van der Waals surface area contributed by atoms with Crippen molar-refractivity contribution < 1.29 is 19.1 Å². The van der Waals surface area contributed by atoms with E-state index in [2.05, 4.69) is 15.4 Å². The molecule has 0 saturated heterocycles. The molecule has 0 atom stereocenters. The molecule has 3 aromatic rings. The summed E-state index contributed by atoms with van der Waals surface area (Å²) in [5.41, 5.74) is 1.72. The van der Waals surface area contributed by atoms with Crippen molar-refractivity contribution in [3.63, 3.8) is 0 Å². The number of thiophene rings is 1. The predicted octanol–water partition coefficient (Wildman–Crippen LogP) is 2.54. The van der Waals surface area contributed by atoms with Gasteiger partial charge < -0.3 is 15.0 Å². The molecule has 10 heteroatoms. The zero-order valence-corrected chi connectivity index (χ0v) is 19.9. The molecule has 0 radical (unpaired) electrons. The third kappa shape index (κ3) is 5.31. The van der Waals surface area contributed by atoms with Gasteiger partial charge in [-0.3, -0.25) is 14.3 Å². The fourth-order valence-corrected chi connectivity index (χ4v) is 3.92. The zero-order valence-electron chi connectivity index (χ0n) is 19.1. The first-order valence-corrected chi connectivity index (χ1v) is 10.9. The van der Waals surface area contributed by atoms with Crippen LogP contribution in [0.4, 0.5) is 0 Å². The number of nitrogens with zero attached hydrogens (tertiary/aromatic N) is 4. The predicted molar refractivity (Wildman–Crippen MR) is 122 cm³/mol. The van der Waals surface area contributed by atoms with Crippen LogP contribution in [0.3, 0.4) is 0 Å². The first kappa shape index (κ1) is 23.4. The van der Waals surface area contributed by atoms with Crippen molar-refractivity contribution >= 4 is 40.2 Å². The number of carbonyl (C=O) groups excluding carboxylic acids is 3. The molecule has 0 aliphatic carbocycles. The second-order valence-electron chi connectivity index (χ2n) is 8.56. The molecule has 1 N–H and O–H groups in total. The number of fused-ring (bicyclic) bond motifs is 1. The van der Waals surface area contributed by atoms with E-state index >= 15 is 0 Å². The minimum Gasteiger partial charge on any atom is -0.452 e. The molecule has 3 rings (SSSR count). The van der Waals surface area contributed by atoms with Crippen LogP contribution >= 0.6 is 11.3 Å². The Morgan fingerprint density at radius 2 is 2.00 bits per heavy atom. The number of likely N-dealkylation sites (N-methyl/N-ethyl adjacent to an activating group) is 1. The third-order valence-electron chi connectivity index (χ3n) is 4.61. The Morgan fingerprint density at radius 1 is 1.28 bits per heavy atom. The van der Waals surface area contributed by atoms with Gasteiger partial charge in [0.05, 0.1) is 33.8 Å². The van der Waals surface area contributed by atoms with Gasteiger partial charge in [-0.05, 0) is 45.2 Å². The van der Waals surface area contributed by atoms with Crippen molar-refractivity contribution in [2.45, 2.75) is 33.2 Å². The van der Waals surface area contributed by atoms with Crippen LogP contribution in [-0.4, -0.2) is 63.2 Å². The molecule has 9 nitrogen and oxygen atoms in total. The Balaban J connectivity index is 1.77. The van der Waals surface area contributed by atoms with E-state index in [1.807, 2.05) is 38.3 Å². The SMILES string of the molecule is Cc1nn(C)c2nc(-c3cccs3)cc(C(=O)OCC(=O)N(C)CC(=O)NC(C)(C)C)c12. The molecular formula is C22H27N5O4S. The van der Waals surface area contributed by atoms with Crippen LogP contribution in [0.2, 0.25) is 0 Å². The highest BCUT2D eigenvalue weighted by molar-refractivity contribution is 7.13. The number of aryl methyl sites for hydroxylation is 2. The maximum absolute atomic E-state index is 12.9. The molecule has 0 bridgehead atoms. The molecule has 0 aromatic carbocycles. The number of nitrogens with one attached hydrogen (secondary N) is 1. The van der Waals surface area contributed by atoms with Crippen molar-refractivity contribution in [1.82, 2.24) is 25.0 Å². The molecule has 0 fully saturated rings. The summed E-state index contributed by atoms with van der Waals surface area (Å²) in [7, 11) is 3.25. The number of pyridine rings is 1. The lowest BCUT2D eigenvalue weighted by molar-refractivity contribution is -0.137. The van der Waals surface area contributed by atoms with Crippen LogP contribution in [0.25, 0.3) is 21.6 Å². The smallest absolute Gasteiger partial charge is 0.339 e. The van der Waals surface area contributed by atoms with E-state index < -0.39 is 24.0 Å². The molecule has 0 aliphatic heterocycles. The second-order valence-corrected chi connectivity index (χ2v) is 9.51. The quantitative estimate of drug-likeness (QED) is 0.570. The average Bonchev–Trinajstić information content (AvgIpc) is 3.32. The van der Waals surface area contributed by atoms with Gasteiger partial charge >= 0.3 is 5.97 Å². The topological polar surface area (TPSA) is 106 Å². The van der Waals surface area contributed by atoms with Crippen LogP contribution in [0.15, 0.2) is 23.6 Å². The normalized spacial score (nSPS) is 11.4. The number of hydrogen-bond donors (Lipinski definition) is 1.